The molecule has 3 aliphatic heterocycles. The summed E-state index contributed by atoms with van der Waals surface area (Å²) < 4.78 is 7.49. The number of aryl methyl sites for hydroxylation is 2. The van der Waals surface area contributed by atoms with Gasteiger partial charge < -0.3 is 52.4 Å². The summed E-state index contributed by atoms with van der Waals surface area (Å²) in [6.07, 6.45) is -2.47. The smallest absolute Gasteiger partial charge is 0.246 e. The second kappa shape index (κ2) is 25.7. The summed E-state index contributed by atoms with van der Waals surface area (Å²) in [4.78, 5) is 120. The average molecular weight is 1150 g/mol. The van der Waals surface area contributed by atoms with Crippen molar-refractivity contribution < 1.29 is 48.2 Å². The Morgan fingerprint density at radius 2 is 1.48 bits per heavy atom. The third-order valence-corrected chi connectivity index (χ3v) is 15.8. The number of aliphatic imine (C=N–C) groups is 1. The zero-order chi connectivity index (χ0) is 58.3. The number of benzene rings is 3. The summed E-state index contributed by atoms with van der Waals surface area (Å²) in [6.45, 7) is 9.31. The van der Waals surface area contributed by atoms with Crippen LogP contribution in [-0.4, -0.2) is 147 Å². The molecule has 9 N–H and O–H groups in total. The number of fused-ring (bicyclic) bond motifs is 4. The summed E-state index contributed by atoms with van der Waals surface area (Å²) >= 11 is 7.84. The maximum Gasteiger partial charge on any atom is 0.246 e. The molecule has 22 nitrogen and oxygen atoms in total. The highest BCUT2D eigenvalue weighted by atomic mass is 35.5. The molecule has 3 aliphatic rings. The molecule has 0 spiro atoms. The highest BCUT2D eigenvalue weighted by Crippen LogP contribution is 2.40. The molecule has 428 valence electrons. The summed E-state index contributed by atoms with van der Waals surface area (Å²) in [5, 5.41) is 37.3. The van der Waals surface area contributed by atoms with Crippen LogP contribution in [-0.2, 0) is 49.5 Å². The Morgan fingerprint density at radius 1 is 0.827 bits per heavy atom. The van der Waals surface area contributed by atoms with Crippen molar-refractivity contribution in [2.45, 2.75) is 116 Å². The number of nitrogens with zero attached hydrogens (tertiary/aromatic N) is 5. The van der Waals surface area contributed by atoms with Gasteiger partial charge in [-0.1, -0.05) is 99.1 Å². The number of ether oxygens (including phenoxy) is 1. The molecule has 8 rings (SSSR count). The maximum atomic E-state index is 14.7. The normalized spacial score (nSPS) is 22.5. The lowest BCUT2D eigenvalue weighted by molar-refractivity contribution is -0.145. The van der Waals surface area contributed by atoms with Gasteiger partial charge in [0.25, 0.3) is 0 Å². The minimum absolute atomic E-state index is 0.132. The standard InChI is InChI=1S/C57H67ClN12O10S/c1-30-31(2)81-56-47(30)48(36-16-18-37(58)19-17-36)62-40(50-68-67-32(3)70(50)56)26-45(73)61-27-42-51(75)60-22-23-80-29-46(74)66-49(57(4,5)6)55(79)69-28-38(71)25-43(69)54(78)64-41(53(77)63-39(52(76)65-42)20-21-44(59)72)24-33-12-14-35(15-13-33)34-10-8-7-9-11-34/h7-19,38-43,49,71H,20-29H2,1-6H3,(H2,59,72)(H,60,75)(H,61,73)(H,63,77)(H,64,78)(H,65,76)(H,66,74)/t38-,39-,40+,41-,42-,43+,49-/m1/s1. The van der Waals surface area contributed by atoms with Crippen molar-refractivity contribution in [3.63, 3.8) is 0 Å². The first-order valence-electron chi connectivity index (χ1n) is 26.7. The van der Waals surface area contributed by atoms with Crippen LogP contribution in [0.15, 0.2) is 83.9 Å². The number of thiophene rings is 1. The highest BCUT2D eigenvalue weighted by molar-refractivity contribution is 7.15. The molecule has 8 amide bonds. The third-order valence-electron chi connectivity index (χ3n) is 14.4. The second-order valence-corrected chi connectivity index (χ2v) is 23.1. The van der Waals surface area contributed by atoms with Gasteiger partial charge in [0.2, 0.25) is 47.3 Å². The Morgan fingerprint density at radius 3 is 2.17 bits per heavy atom. The van der Waals surface area contributed by atoms with Crippen molar-refractivity contribution >= 4 is 75.9 Å². The van der Waals surface area contributed by atoms with Gasteiger partial charge in [-0.25, -0.2) is 0 Å². The number of halogens is 1. The molecular formula is C57H67ClN12O10S. The van der Waals surface area contributed by atoms with Crippen molar-refractivity contribution in [3.8, 4) is 16.1 Å². The monoisotopic (exact) mass is 1150 g/mol. The van der Waals surface area contributed by atoms with E-state index in [1.165, 1.54) is 4.90 Å². The highest BCUT2D eigenvalue weighted by Gasteiger charge is 2.45. The molecule has 7 atom stereocenters. The van der Waals surface area contributed by atoms with Gasteiger partial charge in [-0.05, 0) is 67.0 Å². The number of nitrogens with two attached hydrogens (primary N) is 1. The van der Waals surface area contributed by atoms with Crippen LogP contribution in [0.5, 0.6) is 0 Å². The Labute approximate surface area is 477 Å². The number of aliphatic hydroxyl groups excluding tert-OH is 1. The number of hydrogen-bond acceptors (Lipinski definition) is 14. The van der Waals surface area contributed by atoms with Gasteiger partial charge in [0, 0.05) is 59.9 Å². The van der Waals surface area contributed by atoms with Gasteiger partial charge >= 0.3 is 0 Å². The van der Waals surface area contributed by atoms with Crippen LogP contribution >= 0.6 is 22.9 Å². The van der Waals surface area contributed by atoms with Gasteiger partial charge in [-0.3, -0.25) is 47.9 Å². The average Bonchev–Trinajstić information content (AvgIpc) is 4.25. The quantitative estimate of drug-likeness (QED) is 0.0947. The molecule has 5 aromatic rings. The molecule has 0 saturated carbocycles. The number of rotatable bonds is 11. The molecule has 0 bridgehead atoms. The van der Waals surface area contributed by atoms with Crippen molar-refractivity contribution in [2.75, 3.05) is 32.8 Å². The van der Waals surface area contributed by atoms with Crippen LogP contribution in [0.2, 0.25) is 5.02 Å². The largest absolute Gasteiger partial charge is 0.391 e. The molecule has 5 heterocycles. The van der Waals surface area contributed by atoms with Gasteiger partial charge in [-0.15, -0.1) is 21.5 Å². The van der Waals surface area contributed by atoms with Crippen LogP contribution in [0.4, 0.5) is 0 Å². The topological polar surface area (TPSA) is 311 Å². The van der Waals surface area contributed by atoms with Crippen LogP contribution in [0.1, 0.15) is 91.3 Å². The van der Waals surface area contributed by atoms with E-state index in [1.807, 2.05) is 73.0 Å². The number of amides is 8. The van der Waals surface area contributed by atoms with E-state index >= 15 is 0 Å². The number of primary amides is 1. The van der Waals surface area contributed by atoms with Gasteiger partial charge in [0.15, 0.2) is 5.82 Å². The first-order chi connectivity index (χ1) is 38.6. The number of carbonyl (C=O) groups is 8. The summed E-state index contributed by atoms with van der Waals surface area (Å²) in [5.41, 5.74) is 10.3. The fraction of sp³-hybridized carbons (Fsp3) is 0.421. The van der Waals surface area contributed by atoms with Crippen molar-refractivity contribution in [3.05, 3.63) is 123 Å². The zero-order valence-corrected chi connectivity index (χ0v) is 47.4. The summed E-state index contributed by atoms with van der Waals surface area (Å²) in [7, 11) is 0. The SMILES string of the molecule is Cc1sc2c(c1C)C(c1ccc(Cl)cc1)=N[C@@H](CC(=O)NC[C@H]1NC(=O)[C@@H](CCC(N)=O)NC(=O)[C@@H](Cc3ccc(-c4ccccc4)cc3)NC(=O)[C@@H]3C[C@@H](O)CN3C(=O)[C@H](C(C)(C)C)NC(=O)COCCNC1=O)c1nnc(C)n1-2. The second-order valence-electron chi connectivity index (χ2n) is 21.5. The number of aromatic nitrogens is 3. The van der Waals surface area contributed by atoms with Gasteiger partial charge in [0.05, 0.1) is 24.8 Å². The molecule has 2 fully saturated rings. The lowest BCUT2D eigenvalue weighted by atomic mass is 9.85. The number of nitrogens with one attached hydrogen (secondary N) is 6. The molecule has 81 heavy (non-hydrogen) atoms. The fourth-order valence-electron chi connectivity index (χ4n) is 9.94. The zero-order valence-electron chi connectivity index (χ0n) is 45.8. The first-order valence-corrected chi connectivity index (χ1v) is 27.9. The minimum atomic E-state index is -1.54. The third kappa shape index (κ3) is 14.4. The Kier molecular flexibility index (Phi) is 18.8. The molecule has 0 unspecified atom stereocenters. The van der Waals surface area contributed by atoms with E-state index in [-0.39, 0.29) is 45.4 Å². The predicted octanol–water partition coefficient (Wildman–Crippen LogP) is 2.57. The maximum absolute atomic E-state index is 14.7. The molecule has 24 heteroatoms. The van der Waals surface area contributed by atoms with Crippen LogP contribution in [0.25, 0.3) is 16.1 Å². The number of hydrogen-bond donors (Lipinski definition) is 8. The van der Waals surface area contributed by atoms with Crippen LogP contribution < -0.4 is 37.6 Å². The Hall–Kier alpha value is -7.86. The number of aliphatic hydroxyl groups is 1. The van der Waals surface area contributed by atoms with E-state index in [9.17, 15) is 43.5 Å². The predicted molar refractivity (Wildman–Crippen MR) is 302 cm³/mol. The van der Waals surface area contributed by atoms with E-state index in [1.54, 1.807) is 63.3 Å². The molecule has 2 saturated heterocycles. The van der Waals surface area contributed by atoms with Gasteiger partial charge in [0.1, 0.15) is 53.7 Å². The van der Waals surface area contributed by atoms with E-state index in [0.29, 0.717) is 27.9 Å². The van der Waals surface area contributed by atoms with E-state index in [0.717, 1.165) is 37.7 Å². The van der Waals surface area contributed by atoms with E-state index in [2.05, 4.69) is 42.1 Å². The molecule has 2 aromatic heterocycles. The van der Waals surface area contributed by atoms with Gasteiger partial charge in [-0.2, -0.15) is 0 Å². The minimum Gasteiger partial charge on any atom is -0.391 e. The molecular weight excluding hydrogens is 1080 g/mol. The Bertz CT molecular complexity index is 3210. The lowest BCUT2D eigenvalue weighted by Gasteiger charge is -2.35. The van der Waals surface area contributed by atoms with E-state index < -0.39 is 115 Å². The van der Waals surface area contributed by atoms with Crippen molar-refractivity contribution in [1.29, 1.82) is 0 Å². The lowest BCUT2D eigenvalue weighted by Crippen LogP contribution is -2.61. The van der Waals surface area contributed by atoms with Crippen LogP contribution in [0, 0.1) is 26.2 Å². The summed E-state index contributed by atoms with van der Waals surface area (Å²) in [6, 6.07) is 16.1. The molecule has 0 aliphatic carbocycles. The van der Waals surface area contributed by atoms with Crippen molar-refractivity contribution in [1.82, 2.24) is 51.6 Å². The Balaban J connectivity index is 1.09. The van der Waals surface area contributed by atoms with Crippen molar-refractivity contribution in [2.24, 2.45) is 16.1 Å². The van der Waals surface area contributed by atoms with Crippen LogP contribution in [0.3, 0.4) is 0 Å². The first kappa shape index (κ1) is 59.3. The fourth-order valence-corrected chi connectivity index (χ4v) is 11.3. The van der Waals surface area contributed by atoms with E-state index in [4.69, 9.17) is 27.1 Å². The number of carbonyl (C=O) groups excluding carboxylic acids is 8. The molecule has 0 radical (unpaired) electrons. The molecule has 3 aromatic carbocycles. The summed E-state index contributed by atoms with van der Waals surface area (Å²) in [5.74, 6) is -5.17.